The molecule has 3 N–H and O–H groups in total. The summed E-state index contributed by atoms with van der Waals surface area (Å²) in [6.45, 7) is 2.83. The van der Waals surface area contributed by atoms with E-state index in [1.165, 1.54) is 9.47 Å². The molecule has 3 rings (SSSR count). The van der Waals surface area contributed by atoms with Crippen LogP contribution >= 0.6 is 0 Å². The van der Waals surface area contributed by atoms with Crippen molar-refractivity contribution in [1.29, 1.82) is 0 Å². The highest BCUT2D eigenvalue weighted by Crippen LogP contribution is 2.21. The average molecular weight is 481 g/mol. The third-order valence-electron chi connectivity index (χ3n) is 5.57. The van der Waals surface area contributed by atoms with Crippen LogP contribution in [0.1, 0.15) is 38.2 Å². The largest absolute Gasteiger partial charge is 0.497 e. The number of nitrogens with one attached hydrogen (secondary N) is 1. The van der Waals surface area contributed by atoms with Crippen LogP contribution in [0.25, 0.3) is 0 Å². The van der Waals surface area contributed by atoms with Gasteiger partial charge in [0.05, 0.1) is 20.3 Å². The molecule has 186 valence electrons. The van der Waals surface area contributed by atoms with Crippen LogP contribution < -0.4 is 31.4 Å². The van der Waals surface area contributed by atoms with E-state index < -0.39 is 11.2 Å². The molecule has 0 radical (unpaired) electrons. The van der Waals surface area contributed by atoms with Crippen molar-refractivity contribution >= 4 is 17.4 Å². The Labute approximate surface area is 204 Å². The summed E-state index contributed by atoms with van der Waals surface area (Å²) in [5.74, 6) is 1.13. The van der Waals surface area contributed by atoms with Crippen molar-refractivity contribution < 1.29 is 14.3 Å². The number of H-pyrrole nitrogens is 1. The summed E-state index contributed by atoms with van der Waals surface area (Å²) in [5, 5.41) is 0. The van der Waals surface area contributed by atoms with E-state index in [1.54, 1.807) is 31.4 Å². The Morgan fingerprint density at radius 2 is 1.71 bits per heavy atom. The number of nitrogens with two attached hydrogens (primary N) is 1. The molecule has 0 spiro atoms. The lowest BCUT2D eigenvalue weighted by Gasteiger charge is -2.24. The molecule has 0 aliphatic rings. The maximum atomic E-state index is 13.2. The standard InChI is InChI=1S/C26H32N4O5/c1-3-4-16-29(22(31)11-8-17-35-21-14-12-20(34-2)13-15-21)23-24(27)30(26(33)28-25(23)32)18-19-9-6-5-7-10-19/h5-7,9-10,12-15H,3-4,8,11,16-18,27H2,1-2H3,(H,28,32,33). The molecule has 1 amide bonds. The third-order valence-corrected chi connectivity index (χ3v) is 5.57. The first-order valence-electron chi connectivity index (χ1n) is 11.7. The summed E-state index contributed by atoms with van der Waals surface area (Å²) in [4.78, 5) is 42.2. The van der Waals surface area contributed by atoms with Crippen LogP contribution in [0.4, 0.5) is 11.5 Å². The predicted molar refractivity (Wildman–Crippen MR) is 136 cm³/mol. The number of hydrogen-bond donors (Lipinski definition) is 2. The van der Waals surface area contributed by atoms with E-state index in [0.29, 0.717) is 31.7 Å². The number of aromatic amines is 1. The molecule has 1 aromatic heterocycles. The second-order valence-corrected chi connectivity index (χ2v) is 8.09. The van der Waals surface area contributed by atoms with Gasteiger partial charge in [-0.3, -0.25) is 19.1 Å². The van der Waals surface area contributed by atoms with Crippen LogP contribution in [0.2, 0.25) is 0 Å². The Morgan fingerprint density at radius 1 is 1.03 bits per heavy atom. The molecule has 3 aromatic rings. The lowest BCUT2D eigenvalue weighted by atomic mass is 10.2. The van der Waals surface area contributed by atoms with E-state index in [2.05, 4.69) is 4.98 Å². The van der Waals surface area contributed by atoms with Gasteiger partial charge in [-0.2, -0.15) is 0 Å². The van der Waals surface area contributed by atoms with Crippen molar-refractivity contribution in [3.8, 4) is 11.5 Å². The Balaban J connectivity index is 1.75. The van der Waals surface area contributed by atoms with Gasteiger partial charge in [0.1, 0.15) is 17.3 Å². The van der Waals surface area contributed by atoms with Crippen LogP contribution in [-0.4, -0.2) is 35.7 Å². The number of methoxy groups -OCH3 is 1. The fourth-order valence-corrected chi connectivity index (χ4v) is 3.66. The Bertz CT molecular complexity index is 1220. The molecule has 0 aliphatic carbocycles. The molecule has 0 unspecified atom stereocenters. The van der Waals surface area contributed by atoms with Crippen molar-refractivity contribution in [1.82, 2.24) is 9.55 Å². The molecule has 0 aliphatic heterocycles. The molecule has 0 saturated heterocycles. The molecule has 2 aromatic carbocycles. The first kappa shape index (κ1) is 25.6. The minimum atomic E-state index is -0.671. The zero-order valence-electron chi connectivity index (χ0n) is 20.2. The molecule has 35 heavy (non-hydrogen) atoms. The van der Waals surface area contributed by atoms with Crippen LogP contribution in [0.5, 0.6) is 11.5 Å². The fourth-order valence-electron chi connectivity index (χ4n) is 3.66. The van der Waals surface area contributed by atoms with Crippen molar-refractivity contribution in [2.75, 3.05) is 30.9 Å². The van der Waals surface area contributed by atoms with Gasteiger partial charge in [-0.05, 0) is 42.7 Å². The van der Waals surface area contributed by atoms with Crippen LogP contribution in [0, 0.1) is 0 Å². The number of carbonyl (C=O) groups is 1. The number of rotatable bonds is 12. The second kappa shape index (κ2) is 12.5. The number of ether oxygens (including phenoxy) is 2. The molecule has 0 bridgehead atoms. The van der Waals surface area contributed by atoms with Gasteiger partial charge in [0.15, 0.2) is 5.69 Å². The molecule has 1 heterocycles. The summed E-state index contributed by atoms with van der Waals surface area (Å²) in [7, 11) is 1.59. The first-order valence-corrected chi connectivity index (χ1v) is 11.7. The van der Waals surface area contributed by atoms with Gasteiger partial charge in [-0.15, -0.1) is 0 Å². The quantitative estimate of drug-likeness (QED) is 0.384. The minimum absolute atomic E-state index is 0.00931. The zero-order valence-corrected chi connectivity index (χ0v) is 20.2. The van der Waals surface area contributed by atoms with E-state index in [9.17, 15) is 14.4 Å². The van der Waals surface area contributed by atoms with Crippen molar-refractivity contribution in [3.05, 3.63) is 81.0 Å². The molecule has 9 nitrogen and oxygen atoms in total. The van der Waals surface area contributed by atoms with Gasteiger partial charge >= 0.3 is 5.69 Å². The fraction of sp³-hybridized carbons (Fsp3) is 0.346. The topological polar surface area (TPSA) is 120 Å². The van der Waals surface area contributed by atoms with E-state index >= 15 is 0 Å². The first-order chi connectivity index (χ1) is 16.9. The second-order valence-electron chi connectivity index (χ2n) is 8.09. The lowest BCUT2D eigenvalue weighted by molar-refractivity contribution is -0.118. The van der Waals surface area contributed by atoms with Crippen molar-refractivity contribution in [2.24, 2.45) is 0 Å². The van der Waals surface area contributed by atoms with Crippen molar-refractivity contribution in [3.63, 3.8) is 0 Å². The molecule has 0 saturated carbocycles. The number of benzene rings is 2. The van der Waals surface area contributed by atoms with Crippen LogP contribution in [0.15, 0.2) is 64.2 Å². The number of nitrogens with zero attached hydrogens (tertiary/aromatic N) is 2. The van der Waals surface area contributed by atoms with Gasteiger partial charge in [0, 0.05) is 13.0 Å². The van der Waals surface area contributed by atoms with E-state index in [1.807, 2.05) is 37.3 Å². The average Bonchev–Trinajstić information content (AvgIpc) is 2.87. The monoisotopic (exact) mass is 480 g/mol. The number of aromatic nitrogens is 2. The smallest absolute Gasteiger partial charge is 0.330 e. The number of hydrogen-bond acceptors (Lipinski definition) is 6. The van der Waals surface area contributed by atoms with Gasteiger partial charge in [0.2, 0.25) is 5.91 Å². The van der Waals surface area contributed by atoms with Crippen molar-refractivity contribution in [2.45, 2.75) is 39.2 Å². The number of unbranched alkanes of at least 4 members (excludes halogenated alkanes) is 1. The maximum Gasteiger partial charge on any atom is 0.330 e. The summed E-state index contributed by atoms with van der Waals surface area (Å²) < 4.78 is 12.1. The SMILES string of the molecule is CCCCN(C(=O)CCCOc1ccc(OC)cc1)c1c(N)n(Cc2ccccc2)c(=O)[nH]c1=O. The number of carbonyl (C=O) groups excluding carboxylic acids is 1. The summed E-state index contributed by atoms with van der Waals surface area (Å²) in [6, 6.07) is 16.5. The Hall–Kier alpha value is -4.01. The Kier molecular flexibility index (Phi) is 9.11. The van der Waals surface area contributed by atoms with Crippen LogP contribution in [-0.2, 0) is 11.3 Å². The highest BCUT2D eigenvalue weighted by molar-refractivity contribution is 5.95. The summed E-state index contributed by atoms with van der Waals surface area (Å²) in [5.41, 5.74) is 5.88. The third kappa shape index (κ3) is 6.75. The molecular weight excluding hydrogens is 448 g/mol. The van der Waals surface area contributed by atoms with Gasteiger partial charge < -0.3 is 20.1 Å². The molecule has 0 fully saturated rings. The number of amides is 1. The molecular formula is C26H32N4O5. The summed E-state index contributed by atoms with van der Waals surface area (Å²) in [6.07, 6.45) is 2.13. The normalized spacial score (nSPS) is 10.7. The number of anilines is 2. The van der Waals surface area contributed by atoms with Gasteiger partial charge in [0.25, 0.3) is 5.56 Å². The zero-order chi connectivity index (χ0) is 25.2. The maximum absolute atomic E-state index is 13.2. The van der Waals surface area contributed by atoms with E-state index in [0.717, 1.165) is 17.7 Å². The van der Waals surface area contributed by atoms with Gasteiger partial charge in [-0.25, -0.2) is 4.79 Å². The summed E-state index contributed by atoms with van der Waals surface area (Å²) >= 11 is 0. The molecule has 0 atom stereocenters. The van der Waals surface area contributed by atoms with E-state index in [4.69, 9.17) is 15.2 Å². The number of nitrogen functional groups attached to an aromatic ring is 1. The predicted octanol–water partition coefficient (Wildman–Crippen LogP) is 3.17. The van der Waals surface area contributed by atoms with E-state index in [-0.39, 0.29) is 30.4 Å². The van der Waals surface area contributed by atoms with Gasteiger partial charge in [-0.1, -0.05) is 43.7 Å². The minimum Gasteiger partial charge on any atom is -0.497 e. The molecule has 9 heteroatoms. The lowest BCUT2D eigenvalue weighted by Crippen LogP contribution is -2.41. The Morgan fingerprint density at radius 3 is 2.37 bits per heavy atom. The van der Waals surface area contributed by atoms with Crippen LogP contribution in [0.3, 0.4) is 0 Å². The highest BCUT2D eigenvalue weighted by Gasteiger charge is 2.23. The highest BCUT2D eigenvalue weighted by atomic mass is 16.5.